The van der Waals surface area contributed by atoms with Crippen LogP contribution in [0.15, 0.2) is 4.42 Å². The van der Waals surface area contributed by atoms with Gasteiger partial charge >= 0.3 is 11.9 Å². The van der Waals surface area contributed by atoms with E-state index in [1.165, 1.54) is 14.2 Å². The van der Waals surface area contributed by atoms with Crippen molar-refractivity contribution in [3.8, 4) is 0 Å². The number of hydrogen-bond acceptors (Lipinski definition) is 5. The minimum atomic E-state index is -0.614. The minimum Gasteiger partial charge on any atom is -0.465 e. The predicted molar refractivity (Wildman–Crippen MR) is 58.8 cm³/mol. The van der Waals surface area contributed by atoms with Gasteiger partial charge in [-0.25, -0.2) is 9.59 Å². The molecule has 82 valence electrons. The van der Waals surface area contributed by atoms with Crippen molar-refractivity contribution in [3.63, 3.8) is 0 Å². The Morgan fingerprint density at radius 1 is 1.13 bits per heavy atom. The summed E-state index contributed by atoms with van der Waals surface area (Å²) in [6.45, 7) is 1.58. The van der Waals surface area contributed by atoms with E-state index in [1.54, 1.807) is 6.92 Å². The van der Waals surface area contributed by atoms with E-state index in [1.807, 2.05) is 22.6 Å². The number of furan rings is 1. The molecule has 0 fully saturated rings. The summed E-state index contributed by atoms with van der Waals surface area (Å²) in [5, 5.41) is 0. The van der Waals surface area contributed by atoms with Crippen molar-refractivity contribution in [2.45, 2.75) is 6.92 Å². The quantitative estimate of drug-likeness (QED) is 0.613. The van der Waals surface area contributed by atoms with E-state index in [0.717, 1.165) is 0 Å². The molecule has 15 heavy (non-hydrogen) atoms. The lowest BCUT2D eigenvalue weighted by atomic mass is 10.1. The van der Waals surface area contributed by atoms with Gasteiger partial charge in [-0.05, 0) is 6.92 Å². The first-order valence-electron chi connectivity index (χ1n) is 3.98. The lowest BCUT2D eigenvalue weighted by Gasteiger charge is -2.00. The number of methoxy groups -OCH3 is 2. The van der Waals surface area contributed by atoms with E-state index in [2.05, 4.69) is 9.47 Å². The maximum atomic E-state index is 11.4. The van der Waals surface area contributed by atoms with Crippen molar-refractivity contribution in [1.82, 2.24) is 0 Å². The average molecular weight is 324 g/mol. The molecule has 0 amide bonds. The van der Waals surface area contributed by atoms with Gasteiger partial charge < -0.3 is 13.9 Å². The zero-order chi connectivity index (χ0) is 11.6. The standard InChI is InChI=1S/C9H9IO5/c1-4-5(8(11)13-2)6(7(10)15-4)9(12)14-3/h1-3H3. The molecular weight excluding hydrogens is 315 g/mol. The average Bonchev–Trinajstić information content (AvgIpc) is 2.51. The van der Waals surface area contributed by atoms with E-state index in [-0.39, 0.29) is 11.1 Å². The third kappa shape index (κ3) is 2.14. The lowest BCUT2D eigenvalue weighted by molar-refractivity contribution is 0.0555. The molecule has 0 aliphatic heterocycles. The second-order valence-corrected chi connectivity index (χ2v) is 3.64. The number of rotatable bonds is 2. The summed E-state index contributed by atoms with van der Waals surface area (Å²) in [5.41, 5.74) is 0.233. The molecular formula is C9H9IO5. The Labute approximate surface area is 99.9 Å². The maximum absolute atomic E-state index is 11.4. The van der Waals surface area contributed by atoms with E-state index in [4.69, 9.17) is 4.42 Å². The van der Waals surface area contributed by atoms with E-state index >= 15 is 0 Å². The van der Waals surface area contributed by atoms with Crippen molar-refractivity contribution in [1.29, 1.82) is 0 Å². The summed E-state index contributed by atoms with van der Waals surface area (Å²) in [6.07, 6.45) is 0. The van der Waals surface area contributed by atoms with Gasteiger partial charge in [-0.1, -0.05) is 0 Å². The number of aryl methyl sites for hydroxylation is 1. The van der Waals surface area contributed by atoms with Crippen molar-refractivity contribution in [2.24, 2.45) is 0 Å². The van der Waals surface area contributed by atoms with Gasteiger partial charge in [-0.3, -0.25) is 0 Å². The molecule has 0 atom stereocenters. The van der Waals surface area contributed by atoms with Crippen LogP contribution in [-0.4, -0.2) is 26.2 Å². The Morgan fingerprint density at radius 3 is 2.07 bits per heavy atom. The zero-order valence-electron chi connectivity index (χ0n) is 8.42. The van der Waals surface area contributed by atoms with Crippen LogP contribution in [0.3, 0.4) is 0 Å². The molecule has 1 heterocycles. The van der Waals surface area contributed by atoms with Crippen LogP contribution in [0.5, 0.6) is 0 Å². The predicted octanol–water partition coefficient (Wildman–Crippen LogP) is 1.77. The molecule has 1 aromatic rings. The monoisotopic (exact) mass is 324 g/mol. The fourth-order valence-electron chi connectivity index (χ4n) is 1.14. The number of ether oxygens (including phenoxy) is 2. The zero-order valence-corrected chi connectivity index (χ0v) is 10.6. The Morgan fingerprint density at radius 2 is 1.60 bits per heavy atom. The summed E-state index contributed by atoms with van der Waals surface area (Å²) in [5.74, 6) is -0.886. The fraction of sp³-hybridized carbons (Fsp3) is 0.333. The first-order valence-corrected chi connectivity index (χ1v) is 5.06. The van der Waals surface area contributed by atoms with Crippen molar-refractivity contribution in [2.75, 3.05) is 14.2 Å². The van der Waals surface area contributed by atoms with Crippen molar-refractivity contribution in [3.05, 3.63) is 20.7 Å². The molecule has 0 spiro atoms. The maximum Gasteiger partial charge on any atom is 0.343 e. The number of hydrogen-bond donors (Lipinski definition) is 0. The highest BCUT2D eigenvalue weighted by Gasteiger charge is 2.28. The van der Waals surface area contributed by atoms with Crippen LogP contribution in [0.25, 0.3) is 0 Å². The van der Waals surface area contributed by atoms with Crippen LogP contribution in [0.2, 0.25) is 0 Å². The number of halogens is 1. The molecule has 0 unspecified atom stereocenters. The van der Waals surface area contributed by atoms with Gasteiger partial charge in [0.05, 0.1) is 14.2 Å². The third-order valence-electron chi connectivity index (χ3n) is 1.82. The van der Waals surface area contributed by atoms with E-state index in [0.29, 0.717) is 9.53 Å². The Balaban J connectivity index is 3.35. The largest absolute Gasteiger partial charge is 0.465 e. The first-order chi connectivity index (χ1) is 7.02. The van der Waals surface area contributed by atoms with Gasteiger partial charge in [0, 0.05) is 22.6 Å². The summed E-state index contributed by atoms with van der Waals surface area (Å²) in [4.78, 5) is 22.8. The second kappa shape index (κ2) is 4.65. The lowest BCUT2D eigenvalue weighted by Crippen LogP contribution is -2.11. The molecule has 0 aliphatic rings. The first kappa shape index (κ1) is 12.0. The Bertz CT molecular complexity index is 370. The van der Waals surface area contributed by atoms with Crippen molar-refractivity contribution < 1.29 is 23.5 Å². The van der Waals surface area contributed by atoms with Crippen LogP contribution >= 0.6 is 22.6 Å². The molecule has 6 heteroatoms. The highest BCUT2D eigenvalue weighted by molar-refractivity contribution is 14.1. The highest BCUT2D eigenvalue weighted by atomic mass is 127. The molecule has 0 aromatic carbocycles. The SMILES string of the molecule is COC(=O)c1c(C)oc(I)c1C(=O)OC. The van der Waals surface area contributed by atoms with Gasteiger partial charge in [0.25, 0.3) is 0 Å². The van der Waals surface area contributed by atoms with Gasteiger partial charge in [0.1, 0.15) is 16.9 Å². The number of carbonyl (C=O) groups is 2. The number of esters is 2. The second-order valence-electron chi connectivity index (χ2n) is 2.67. The fourth-order valence-corrected chi connectivity index (χ4v) is 1.96. The van der Waals surface area contributed by atoms with E-state index in [9.17, 15) is 9.59 Å². The summed E-state index contributed by atoms with van der Waals surface area (Å²) in [6, 6.07) is 0. The van der Waals surface area contributed by atoms with Crippen LogP contribution in [0.4, 0.5) is 0 Å². The summed E-state index contributed by atoms with van der Waals surface area (Å²) >= 11 is 1.82. The molecule has 1 aromatic heterocycles. The van der Waals surface area contributed by atoms with Gasteiger partial charge in [-0.2, -0.15) is 0 Å². The van der Waals surface area contributed by atoms with Crippen LogP contribution in [0, 0.1) is 10.7 Å². The highest BCUT2D eigenvalue weighted by Crippen LogP contribution is 2.25. The van der Waals surface area contributed by atoms with Crippen LogP contribution in [-0.2, 0) is 9.47 Å². The molecule has 0 N–H and O–H groups in total. The smallest absolute Gasteiger partial charge is 0.343 e. The summed E-state index contributed by atoms with van der Waals surface area (Å²) < 4.78 is 14.6. The number of carbonyl (C=O) groups excluding carboxylic acids is 2. The van der Waals surface area contributed by atoms with Gasteiger partial charge in [0.15, 0.2) is 3.77 Å². The Kier molecular flexibility index (Phi) is 3.72. The van der Waals surface area contributed by atoms with Gasteiger partial charge in [-0.15, -0.1) is 0 Å². The normalized spacial score (nSPS) is 9.87. The van der Waals surface area contributed by atoms with E-state index < -0.39 is 11.9 Å². The van der Waals surface area contributed by atoms with Crippen molar-refractivity contribution >= 4 is 34.5 Å². The molecule has 0 saturated carbocycles. The molecule has 1 rings (SSSR count). The minimum absolute atomic E-state index is 0.113. The van der Waals surface area contributed by atoms with Gasteiger partial charge in [0.2, 0.25) is 0 Å². The molecule has 5 nitrogen and oxygen atoms in total. The topological polar surface area (TPSA) is 65.7 Å². The van der Waals surface area contributed by atoms with Crippen LogP contribution in [0.1, 0.15) is 26.5 Å². The Hall–Kier alpha value is -1.05. The molecule has 0 radical (unpaired) electrons. The summed E-state index contributed by atoms with van der Waals surface area (Å²) in [7, 11) is 2.48. The third-order valence-corrected chi connectivity index (χ3v) is 2.58. The molecule has 0 saturated heterocycles. The molecule has 0 bridgehead atoms. The molecule has 0 aliphatic carbocycles. The van der Waals surface area contributed by atoms with Crippen LogP contribution < -0.4 is 0 Å².